The summed E-state index contributed by atoms with van der Waals surface area (Å²) >= 11 is 3.01. The molecule has 1 saturated carbocycles. The molecule has 0 bridgehead atoms. The van der Waals surface area contributed by atoms with Gasteiger partial charge in [-0.1, -0.05) is 27.5 Å². The first-order valence-electron chi connectivity index (χ1n) is 6.19. The molecule has 0 heterocycles. The van der Waals surface area contributed by atoms with Gasteiger partial charge in [0, 0.05) is 0 Å². The quantitative estimate of drug-likeness (QED) is 0.247. The van der Waals surface area contributed by atoms with E-state index >= 15 is 0 Å². The van der Waals surface area contributed by atoms with Crippen molar-refractivity contribution in [3.05, 3.63) is 0 Å². The van der Waals surface area contributed by atoms with E-state index in [1.165, 1.54) is 6.42 Å². The summed E-state index contributed by atoms with van der Waals surface area (Å²) in [6, 6.07) is 0. The van der Waals surface area contributed by atoms with Crippen LogP contribution in [0.15, 0.2) is 5.16 Å². The summed E-state index contributed by atoms with van der Waals surface area (Å²) in [5, 5.41) is 3.73. The van der Waals surface area contributed by atoms with Gasteiger partial charge >= 0.3 is 5.97 Å². The average molecular weight is 320 g/mol. The topological polar surface area (TPSA) is 65.0 Å². The lowest BCUT2D eigenvalue weighted by Crippen LogP contribution is -2.28. The number of carbonyl (C=O) groups excluding carboxylic acids is 2. The predicted octanol–water partition coefficient (Wildman–Crippen LogP) is 2.22. The molecule has 0 amide bonds. The van der Waals surface area contributed by atoms with E-state index in [1.807, 2.05) is 0 Å². The molecule has 1 aliphatic rings. The summed E-state index contributed by atoms with van der Waals surface area (Å²) in [5.74, 6) is -1.15. The Morgan fingerprint density at radius 2 is 1.94 bits per heavy atom. The molecule has 1 aliphatic carbocycles. The van der Waals surface area contributed by atoms with Crippen molar-refractivity contribution in [2.24, 2.45) is 5.16 Å². The highest BCUT2D eigenvalue weighted by molar-refractivity contribution is 9.09. The van der Waals surface area contributed by atoms with Gasteiger partial charge in [0.15, 0.2) is 0 Å². The number of nitrogens with zero attached hydrogens (tertiary/aromatic N) is 1. The SMILES string of the molecule is CCOC(=O)/C(=N\OC1CCCCC1)C(=O)CBr. The molecule has 0 unspecified atom stereocenters. The smallest absolute Gasteiger partial charge is 0.364 e. The molecule has 1 fully saturated rings. The highest BCUT2D eigenvalue weighted by Crippen LogP contribution is 2.20. The van der Waals surface area contributed by atoms with Crippen molar-refractivity contribution in [1.29, 1.82) is 0 Å². The van der Waals surface area contributed by atoms with Crippen LogP contribution >= 0.6 is 15.9 Å². The van der Waals surface area contributed by atoms with Gasteiger partial charge in [0.2, 0.25) is 11.5 Å². The zero-order valence-electron chi connectivity index (χ0n) is 10.5. The van der Waals surface area contributed by atoms with Crippen LogP contribution in [0.25, 0.3) is 0 Å². The first kappa shape index (κ1) is 15.1. The van der Waals surface area contributed by atoms with Crippen LogP contribution in [-0.4, -0.2) is 35.5 Å². The minimum atomic E-state index is -0.724. The van der Waals surface area contributed by atoms with E-state index in [-0.39, 0.29) is 23.8 Å². The third kappa shape index (κ3) is 4.76. The number of esters is 1. The molecule has 6 heteroatoms. The van der Waals surface area contributed by atoms with Gasteiger partial charge in [-0.25, -0.2) is 4.79 Å². The van der Waals surface area contributed by atoms with Crippen molar-refractivity contribution in [3.8, 4) is 0 Å². The summed E-state index contributed by atoms with van der Waals surface area (Å²) < 4.78 is 4.78. The van der Waals surface area contributed by atoms with E-state index in [2.05, 4.69) is 21.1 Å². The van der Waals surface area contributed by atoms with Gasteiger partial charge in [-0.3, -0.25) is 4.79 Å². The van der Waals surface area contributed by atoms with E-state index in [9.17, 15) is 9.59 Å². The molecule has 0 aromatic carbocycles. The fraction of sp³-hybridized carbons (Fsp3) is 0.750. The van der Waals surface area contributed by atoms with Crippen LogP contribution in [0, 0.1) is 0 Å². The lowest BCUT2D eigenvalue weighted by Gasteiger charge is -2.19. The number of ether oxygens (including phenoxy) is 1. The molecule has 0 atom stereocenters. The molecule has 0 saturated heterocycles. The van der Waals surface area contributed by atoms with E-state index < -0.39 is 11.8 Å². The number of Topliss-reactive ketones (excluding diaryl/α,β-unsaturated/α-hetero) is 1. The second kappa shape index (κ2) is 8.24. The van der Waals surface area contributed by atoms with Crippen LogP contribution in [0.5, 0.6) is 0 Å². The molecule has 0 radical (unpaired) electrons. The normalized spacial score (nSPS) is 17.3. The maximum atomic E-state index is 11.5. The molecular formula is C12H18BrNO4. The fourth-order valence-electron chi connectivity index (χ4n) is 1.76. The van der Waals surface area contributed by atoms with Crippen LogP contribution in [0.4, 0.5) is 0 Å². The summed E-state index contributed by atoms with van der Waals surface area (Å²) in [7, 11) is 0. The Hall–Kier alpha value is -0.910. The molecule has 102 valence electrons. The summed E-state index contributed by atoms with van der Waals surface area (Å²) in [5.41, 5.74) is -0.265. The number of alkyl halides is 1. The van der Waals surface area contributed by atoms with E-state index in [0.29, 0.717) is 0 Å². The third-order valence-electron chi connectivity index (χ3n) is 2.70. The van der Waals surface area contributed by atoms with E-state index in [0.717, 1.165) is 25.7 Å². The molecular weight excluding hydrogens is 302 g/mol. The fourth-order valence-corrected chi connectivity index (χ4v) is 2.03. The molecule has 0 aromatic heterocycles. The predicted molar refractivity (Wildman–Crippen MR) is 70.8 cm³/mol. The van der Waals surface area contributed by atoms with Crippen LogP contribution in [0.2, 0.25) is 0 Å². The van der Waals surface area contributed by atoms with Gasteiger partial charge in [0.05, 0.1) is 11.9 Å². The monoisotopic (exact) mass is 319 g/mol. The minimum absolute atomic E-state index is 0.00584. The van der Waals surface area contributed by atoms with Crippen molar-refractivity contribution < 1.29 is 19.2 Å². The Bertz CT molecular complexity index is 324. The maximum absolute atomic E-state index is 11.5. The van der Waals surface area contributed by atoms with Gasteiger partial charge in [0.25, 0.3) is 0 Å². The zero-order valence-corrected chi connectivity index (χ0v) is 12.1. The van der Waals surface area contributed by atoms with Crippen molar-refractivity contribution >= 4 is 33.4 Å². The second-order valence-corrected chi connectivity index (χ2v) is 4.64. The van der Waals surface area contributed by atoms with Crippen molar-refractivity contribution in [3.63, 3.8) is 0 Å². The number of hydrogen-bond donors (Lipinski definition) is 0. The van der Waals surface area contributed by atoms with Gasteiger partial charge < -0.3 is 9.57 Å². The maximum Gasteiger partial charge on any atom is 0.364 e. The second-order valence-electron chi connectivity index (χ2n) is 4.08. The number of carbonyl (C=O) groups is 2. The Labute approximate surface area is 115 Å². The molecule has 0 spiro atoms. The van der Waals surface area contributed by atoms with Crippen LogP contribution in [-0.2, 0) is 19.2 Å². The molecule has 5 nitrogen and oxygen atoms in total. The standard InChI is InChI=1S/C12H18BrNO4/c1-2-17-12(16)11(10(15)8-13)14-18-9-6-4-3-5-7-9/h9H,2-8H2,1H3/b14-11-. The van der Waals surface area contributed by atoms with Gasteiger partial charge in [-0.05, 0) is 32.6 Å². The van der Waals surface area contributed by atoms with Crippen molar-refractivity contribution in [1.82, 2.24) is 0 Å². The van der Waals surface area contributed by atoms with Gasteiger partial charge in [-0.15, -0.1) is 0 Å². The Morgan fingerprint density at radius 3 is 2.50 bits per heavy atom. The molecule has 1 rings (SSSR count). The van der Waals surface area contributed by atoms with Gasteiger partial charge in [-0.2, -0.15) is 0 Å². The Kier molecular flexibility index (Phi) is 6.93. The first-order chi connectivity index (χ1) is 8.69. The Morgan fingerprint density at radius 1 is 1.28 bits per heavy atom. The number of oxime groups is 1. The lowest BCUT2D eigenvalue weighted by atomic mass is 9.98. The molecule has 0 aromatic rings. The largest absolute Gasteiger partial charge is 0.461 e. The molecule has 0 N–H and O–H groups in total. The van der Waals surface area contributed by atoms with E-state index in [4.69, 9.17) is 9.57 Å². The van der Waals surface area contributed by atoms with E-state index in [1.54, 1.807) is 6.92 Å². The summed E-state index contributed by atoms with van der Waals surface area (Å²) in [4.78, 5) is 28.4. The van der Waals surface area contributed by atoms with Crippen molar-refractivity contribution in [2.75, 3.05) is 11.9 Å². The zero-order chi connectivity index (χ0) is 13.4. The summed E-state index contributed by atoms with van der Waals surface area (Å²) in [6.45, 7) is 1.88. The van der Waals surface area contributed by atoms with Crippen molar-refractivity contribution in [2.45, 2.75) is 45.1 Å². The third-order valence-corrected chi connectivity index (χ3v) is 3.21. The number of rotatable bonds is 6. The number of halogens is 1. The van der Waals surface area contributed by atoms with Crippen LogP contribution < -0.4 is 0 Å². The van der Waals surface area contributed by atoms with Gasteiger partial charge in [0.1, 0.15) is 6.10 Å². The number of hydrogen-bond acceptors (Lipinski definition) is 5. The lowest BCUT2D eigenvalue weighted by molar-refractivity contribution is -0.136. The highest BCUT2D eigenvalue weighted by Gasteiger charge is 2.23. The summed E-state index contributed by atoms with van der Waals surface area (Å²) in [6.07, 6.45) is 5.24. The molecule has 0 aliphatic heterocycles. The average Bonchev–Trinajstić information content (AvgIpc) is 2.40. The first-order valence-corrected chi connectivity index (χ1v) is 7.31. The number of ketones is 1. The Balaban J connectivity index is 2.62. The minimum Gasteiger partial charge on any atom is -0.461 e. The molecule has 18 heavy (non-hydrogen) atoms. The highest BCUT2D eigenvalue weighted by atomic mass is 79.9. The van der Waals surface area contributed by atoms with Crippen LogP contribution in [0.1, 0.15) is 39.0 Å². The van der Waals surface area contributed by atoms with Crippen LogP contribution in [0.3, 0.4) is 0 Å².